The van der Waals surface area contributed by atoms with Crippen LogP contribution in [0.4, 0.5) is 0 Å². The second-order valence-corrected chi connectivity index (χ2v) is 6.85. The van der Waals surface area contributed by atoms with Crippen molar-refractivity contribution < 1.29 is 23.1 Å². The molecule has 1 atom stereocenters. The van der Waals surface area contributed by atoms with Gasteiger partial charge in [0, 0.05) is 26.2 Å². The molecule has 8 heteroatoms. The first-order chi connectivity index (χ1) is 8.99. The van der Waals surface area contributed by atoms with E-state index in [0.29, 0.717) is 32.6 Å². The third-order valence-corrected chi connectivity index (χ3v) is 5.30. The molecule has 0 radical (unpaired) electrons. The summed E-state index contributed by atoms with van der Waals surface area (Å²) in [5.41, 5.74) is 0. The fraction of sp³-hybridized carbons (Fsp3) is 0.909. The second kappa shape index (κ2) is 6.17. The summed E-state index contributed by atoms with van der Waals surface area (Å²) in [5, 5.41) is 8.88. The van der Waals surface area contributed by atoms with E-state index in [1.807, 2.05) is 0 Å². The summed E-state index contributed by atoms with van der Waals surface area (Å²) >= 11 is 0. The summed E-state index contributed by atoms with van der Waals surface area (Å²) in [7, 11) is -3.49. The lowest BCUT2D eigenvalue weighted by atomic mass is 9.99. The summed E-state index contributed by atoms with van der Waals surface area (Å²) in [6.07, 6.45) is 1.63. The Morgan fingerprint density at radius 2 is 2.00 bits per heavy atom. The molecular formula is C11H20N2O5S. The molecule has 110 valence electrons. The molecule has 0 amide bonds. The highest BCUT2D eigenvalue weighted by Gasteiger charge is 2.31. The van der Waals surface area contributed by atoms with Gasteiger partial charge in [0.2, 0.25) is 0 Å². The van der Waals surface area contributed by atoms with Crippen LogP contribution >= 0.6 is 0 Å². The van der Waals surface area contributed by atoms with Crippen molar-refractivity contribution in [3.05, 3.63) is 0 Å². The summed E-state index contributed by atoms with van der Waals surface area (Å²) in [5.74, 6) is -1.02. The van der Waals surface area contributed by atoms with E-state index in [4.69, 9.17) is 9.84 Å². The number of carboxylic acid groups (broad SMARTS) is 1. The van der Waals surface area contributed by atoms with E-state index in [-0.39, 0.29) is 19.0 Å². The quantitative estimate of drug-likeness (QED) is 0.722. The number of aliphatic carboxylic acids is 1. The van der Waals surface area contributed by atoms with Crippen LogP contribution in [0.2, 0.25) is 0 Å². The number of nitrogens with one attached hydrogen (secondary N) is 1. The molecule has 19 heavy (non-hydrogen) atoms. The van der Waals surface area contributed by atoms with Gasteiger partial charge in [-0.3, -0.25) is 4.79 Å². The molecule has 0 aromatic rings. The van der Waals surface area contributed by atoms with Gasteiger partial charge in [0.25, 0.3) is 10.2 Å². The van der Waals surface area contributed by atoms with Gasteiger partial charge in [-0.1, -0.05) is 0 Å². The third-order valence-electron chi connectivity index (χ3n) is 3.72. The highest BCUT2D eigenvalue weighted by molar-refractivity contribution is 7.87. The Kier molecular flexibility index (Phi) is 4.77. The van der Waals surface area contributed by atoms with Crippen molar-refractivity contribution in [3.8, 4) is 0 Å². The minimum atomic E-state index is -3.49. The molecule has 2 aliphatic heterocycles. The van der Waals surface area contributed by atoms with Crippen LogP contribution in [0.25, 0.3) is 0 Å². The number of hydrogen-bond donors (Lipinski definition) is 2. The van der Waals surface area contributed by atoms with E-state index in [1.165, 1.54) is 4.31 Å². The van der Waals surface area contributed by atoms with Crippen LogP contribution in [0.5, 0.6) is 0 Å². The Morgan fingerprint density at radius 1 is 1.32 bits per heavy atom. The zero-order chi connectivity index (χ0) is 13.9. The fourth-order valence-electron chi connectivity index (χ4n) is 2.40. The Morgan fingerprint density at radius 3 is 2.53 bits per heavy atom. The normalized spacial score (nSPS) is 26.6. The Labute approximate surface area is 113 Å². The number of hydrogen-bond acceptors (Lipinski definition) is 4. The first-order valence-corrected chi connectivity index (χ1v) is 7.98. The second-order valence-electron chi connectivity index (χ2n) is 5.09. The van der Waals surface area contributed by atoms with Crippen molar-refractivity contribution in [1.82, 2.24) is 9.03 Å². The Bertz CT molecular complexity index is 411. The van der Waals surface area contributed by atoms with E-state index in [9.17, 15) is 13.2 Å². The topological polar surface area (TPSA) is 95.9 Å². The van der Waals surface area contributed by atoms with Gasteiger partial charge in [0.05, 0.1) is 12.5 Å². The minimum Gasteiger partial charge on any atom is -0.481 e. The van der Waals surface area contributed by atoms with Crippen molar-refractivity contribution in [2.24, 2.45) is 11.8 Å². The lowest BCUT2D eigenvalue weighted by Crippen LogP contribution is -2.47. The zero-order valence-corrected chi connectivity index (χ0v) is 11.6. The van der Waals surface area contributed by atoms with E-state index < -0.39 is 22.1 Å². The maximum Gasteiger partial charge on any atom is 0.306 e. The van der Waals surface area contributed by atoms with Crippen LogP contribution in [-0.4, -0.2) is 56.6 Å². The smallest absolute Gasteiger partial charge is 0.306 e. The van der Waals surface area contributed by atoms with Crippen LogP contribution < -0.4 is 4.72 Å². The van der Waals surface area contributed by atoms with E-state index >= 15 is 0 Å². The van der Waals surface area contributed by atoms with Gasteiger partial charge >= 0.3 is 5.97 Å². The average Bonchev–Trinajstić information content (AvgIpc) is 2.90. The molecule has 2 heterocycles. The molecule has 0 aromatic carbocycles. The van der Waals surface area contributed by atoms with Gasteiger partial charge in [0.15, 0.2) is 0 Å². The summed E-state index contributed by atoms with van der Waals surface area (Å²) in [4.78, 5) is 10.8. The average molecular weight is 292 g/mol. The first kappa shape index (κ1) is 14.7. The van der Waals surface area contributed by atoms with Gasteiger partial charge in [-0.15, -0.1) is 0 Å². The molecule has 2 aliphatic rings. The molecule has 2 saturated heterocycles. The predicted octanol–water partition coefficient (Wildman–Crippen LogP) is -0.346. The monoisotopic (exact) mass is 292 g/mol. The highest BCUT2D eigenvalue weighted by Crippen LogP contribution is 2.19. The predicted molar refractivity (Wildman–Crippen MR) is 67.8 cm³/mol. The lowest BCUT2D eigenvalue weighted by Gasteiger charge is -2.29. The maximum absolute atomic E-state index is 12.0. The molecule has 2 fully saturated rings. The molecule has 0 spiro atoms. The Balaban J connectivity index is 1.81. The van der Waals surface area contributed by atoms with Gasteiger partial charge in [-0.25, -0.2) is 4.72 Å². The van der Waals surface area contributed by atoms with Gasteiger partial charge < -0.3 is 9.84 Å². The maximum atomic E-state index is 12.0. The molecule has 0 aliphatic carbocycles. The number of piperidine rings is 1. The number of nitrogens with zero attached hydrogens (tertiary/aromatic N) is 1. The van der Waals surface area contributed by atoms with E-state index in [1.54, 1.807) is 0 Å². The van der Waals surface area contributed by atoms with Crippen molar-refractivity contribution in [1.29, 1.82) is 0 Å². The SMILES string of the molecule is O=C(O)C1CCN(S(=O)(=O)NCC2CCOC2)CC1. The van der Waals surface area contributed by atoms with Crippen molar-refractivity contribution in [2.45, 2.75) is 19.3 Å². The summed E-state index contributed by atoms with van der Waals surface area (Å²) in [6, 6.07) is 0. The molecule has 0 bridgehead atoms. The molecule has 0 saturated carbocycles. The van der Waals surface area contributed by atoms with Crippen LogP contribution in [0, 0.1) is 11.8 Å². The highest BCUT2D eigenvalue weighted by atomic mass is 32.2. The molecule has 0 aromatic heterocycles. The van der Waals surface area contributed by atoms with Crippen LogP contribution in [-0.2, 0) is 19.7 Å². The van der Waals surface area contributed by atoms with E-state index in [2.05, 4.69) is 4.72 Å². The van der Waals surface area contributed by atoms with Crippen molar-refractivity contribution >= 4 is 16.2 Å². The zero-order valence-electron chi connectivity index (χ0n) is 10.7. The minimum absolute atomic E-state index is 0.242. The van der Waals surface area contributed by atoms with Gasteiger partial charge in [0.1, 0.15) is 0 Å². The summed E-state index contributed by atoms with van der Waals surface area (Å²) in [6.45, 7) is 2.22. The fourth-order valence-corrected chi connectivity index (χ4v) is 3.72. The van der Waals surface area contributed by atoms with Gasteiger partial charge in [-0.05, 0) is 25.2 Å². The largest absolute Gasteiger partial charge is 0.481 e. The molecule has 7 nitrogen and oxygen atoms in total. The molecular weight excluding hydrogens is 272 g/mol. The number of rotatable bonds is 5. The first-order valence-electron chi connectivity index (χ1n) is 6.54. The van der Waals surface area contributed by atoms with E-state index in [0.717, 1.165) is 6.42 Å². The van der Waals surface area contributed by atoms with Gasteiger partial charge in [-0.2, -0.15) is 12.7 Å². The molecule has 2 rings (SSSR count). The third kappa shape index (κ3) is 3.88. The van der Waals surface area contributed by atoms with Crippen LogP contribution in [0.15, 0.2) is 0 Å². The van der Waals surface area contributed by atoms with Crippen LogP contribution in [0.3, 0.4) is 0 Å². The molecule has 2 N–H and O–H groups in total. The standard InChI is InChI=1S/C11H20N2O5S/c14-11(15)10-1-4-13(5-2-10)19(16,17)12-7-9-3-6-18-8-9/h9-10,12H,1-8H2,(H,14,15). The lowest BCUT2D eigenvalue weighted by molar-refractivity contribution is -0.142. The van der Waals surface area contributed by atoms with Crippen molar-refractivity contribution in [2.75, 3.05) is 32.8 Å². The Hall–Kier alpha value is -0.700. The number of carboxylic acids is 1. The summed E-state index contributed by atoms with van der Waals surface area (Å²) < 4.78 is 33.2. The van der Waals surface area contributed by atoms with Crippen LogP contribution in [0.1, 0.15) is 19.3 Å². The molecule has 1 unspecified atom stereocenters. The number of carbonyl (C=O) groups is 1. The van der Waals surface area contributed by atoms with Crippen molar-refractivity contribution in [3.63, 3.8) is 0 Å². The number of ether oxygens (including phenoxy) is 1.